The van der Waals surface area contributed by atoms with Crippen molar-refractivity contribution in [3.63, 3.8) is 0 Å². The average Bonchev–Trinajstić information content (AvgIpc) is 3.82. The van der Waals surface area contributed by atoms with Gasteiger partial charge in [-0.3, -0.25) is 9.88 Å². The van der Waals surface area contributed by atoms with E-state index in [9.17, 15) is 4.39 Å². The zero-order valence-corrected chi connectivity index (χ0v) is 36.1. The van der Waals surface area contributed by atoms with Gasteiger partial charge in [-0.05, 0) is 72.4 Å². The van der Waals surface area contributed by atoms with Crippen LogP contribution in [0.4, 0.5) is 19.0 Å². The Bertz CT molecular complexity index is 2260. The summed E-state index contributed by atoms with van der Waals surface area (Å²) in [5, 5.41) is 5.31. The maximum Gasteiger partial charge on any atom is 0.319 e. The molecule has 310 valence electrons. The van der Waals surface area contributed by atoms with Gasteiger partial charge in [0.25, 0.3) is 0 Å². The minimum atomic E-state index is -2.27. The van der Waals surface area contributed by atoms with Gasteiger partial charge in [-0.1, -0.05) is 53.5 Å². The normalized spacial score (nSPS) is 24.7. The first-order valence-electron chi connectivity index (χ1n) is 21.0. The second-order valence-corrected chi connectivity index (χ2v) is 23.8. The maximum absolute atomic E-state index is 17.7. The Balaban J connectivity index is 1.31. The van der Waals surface area contributed by atoms with Crippen molar-refractivity contribution >= 4 is 35.6 Å². The lowest BCUT2D eigenvalue weighted by molar-refractivity contribution is 0.107. The minimum Gasteiger partial charge on any atom is -0.497 e. The Labute approximate surface area is 341 Å². The van der Waals surface area contributed by atoms with Crippen LogP contribution in [0.25, 0.3) is 32.9 Å². The first-order chi connectivity index (χ1) is 27.7. The summed E-state index contributed by atoms with van der Waals surface area (Å²) in [5.41, 5.74) is 4.56. The predicted molar refractivity (Wildman–Crippen MR) is 226 cm³/mol. The summed E-state index contributed by atoms with van der Waals surface area (Å²) in [5.74, 6) is 3.17. The Morgan fingerprint density at radius 3 is 2.50 bits per heavy atom. The molecule has 6 heterocycles. The molecule has 8 rings (SSSR count). The van der Waals surface area contributed by atoms with Crippen molar-refractivity contribution in [2.75, 3.05) is 58.5 Å². The van der Waals surface area contributed by atoms with Gasteiger partial charge in [0.1, 0.15) is 49.4 Å². The lowest BCUT2D eigenvalue weighted by atomic mass is 9.95. The monoisotopic (exact) mass is 814 g/mol. The fraction of sp³-hybridized carbons (Fsp3) is 0.578. The molecule has 4 aliphatic rings. The van der Waals surface area contributed by atoms with Crippen LogP contribution in [0.1, 0.15) is 79.2 Å². The minimum absolute atomic E-state index is 0.00593. The first kappa shape index (κ1) is 40.8. The molecule has 4 aromatic rings. The Hall–Kier alpha value is -3.96. The van der Waals surface area contributed by atoms with Gasteiger partial charge in [0.15, 0.2) is 5.82 Å². The fourth-order valence-electron chi connectivity index (χ4n) is 11.2. The van der Waals surface area contributed by atoms with E-state index in [1.807, 2.05) is 6.07 Å². The molecular weight excluding hydrogens is 758 g/mol. The third kappa shape index (κ3) is 6.91. The second-order valence-electron chi connectivity index (χ2n) is 18.2. The van der Waals surface area contributed by atoms with Crippen LogP contribution in [0.2, 0.25) is 16.6 Å². The number of halogens is 3. The predicted octanol–water partition coefficient (Wildman–Crippen LogP) is 8.61. The number of anilines is 1. The highest BCUT2D eigenvalue weighted by Gasteiger charge is 2.50. The molecule has 58 heavy (non-hydrogen) atoms. The third-order valence-corrected chi connectivity index (χ3v) is 20.1. The number of ether oxygens (including phenoxy) is 3. The molecule has 0 unspecified atom stereocenters. The van der Waals surface area contributed by atoms with Crippen molar-refractivity contribution in [3.05, 3.63) is 47.7 Å². The molecule has 4 saturated heterocycles. The van der Waals surface area contributed by atoms with E-state index in [-0.39, 0.29) is 41.0 Å². The molecule has 0 amide bonds. The van der Waals surface area contributed by atoms with Crippen molar-refractivity contribution in [3.8, 4) is 34.5 Å². The Morgan fingerprint density at radius 1 is 1.00 bits per heavy atom. The molecule has 0 saturated carbocycles. The van der Waals surface area contributed by atoms with E-state index in [1.54, 1.807) is 32.5 Å². The number of pyridine rings is 1. The van der Waals surface area contributed by atoms with Crippen LogP contribution in [0.5, 0.6) is 11.8 Å². The molecule has 2 aromatic heterocycles. The number of alkyl halides is 1. The number of fused-ring (bicyclic) bond motifs is 5. The van der Waals surface area contributed by atoms with Crippen molar-refractivity contribution < 1.29 is 27.4 Å². The van der Waals surface area contributed by atoms with Crippen molar-refractivity contribution in [1.82, 2.24) is 25.2 Å². The molecule has 0 aliphatic carbocycles. The summed E-state index contributed by atoms with van der Waals surface area (Å²) in [6, 6.07) is 6.84. The molecule has 13 heteroatoms. The number of hydrogen-bond acceptors (Lipinski definition) is 9. The highest BCUT2D eigenvalue weighted by atomic mass is 28.3. The highest BCUT2D eigenvalue weighted by Crippen LogP contribution is 2.44. The summed E-state index contributed by atoms with van der Waals surface area (Å²) in [7, 11) is 0.980. The number of piperazine rings is 1. The second kappa shape index (κ2) is 15.6. The van der Waals surface area contributed by atoms with E-state index in [1.165, 1.54) is 6.07 Å². The van der Waals surface area contributed by atoms with Gasteiger partial charge in [0.2, 0.25) is 0 Å². The molecule has 0 spiro atoms. The van der Waals surface area contributed by atoms with Gasteiger partial charge in [-0.25, -0.2) is 13.2 Å². The lowest BCUT2D eigenvalue weighted by Gasteiger charge is -2.41. The SMILES string of the molecule is COC[C@@]12CC[C@@H](CN(c3nc(OC[C@@]45CCCN4C[C@H](F)C5)nc4c(F)c(-c5cc(OC)cc6ccc(F)c(C#C[Si](C(C)C)(C(C)C)C(C)C)c56)ncc34)C1)N2. The van der Waals surface area contributed by atoms with E-state index < -0.39 is 31.4 Å². The largest absolute Gasteiger partial charge is 0.497 e. The molecule has 1 N–H and O–H groups in total. The summed E-state index contributed by atoms with van der Waals surface area (Å²) in [6.45, 7) is 16.5. The van der Waals surface area contributed by atoms with Crippen LogP contribution in [0.15, 0.2) is 30.5 Å². The van der Waals surface area contributed by atoms with Crippen LogP contribution in [0.3, 0.4) is 0 Å². The standard InChI is InChI=1S/C45H57F3N6O3Si/c1-27(2)58(28(3)4,29(5)6)17-13-34-37(47)11-10-30-18-33(56-8)19-35(38(30)34)40-39(48)41-36(21-49-40)42(53-23-32-12-15-44(24-53,52-32)25-55-7)51-43(50-41)57-26-45-14-9-16-54(45)22-31(46)20-45/h10-11,18-19,21,27-29,31-32,52H,9,12,14-16,20,22-26H2,1-8H3/t31-,32+,44-,45+/m1/s1. The Kier molecular flexibility index (Phi) is 11.0. The van der Waals surface area contributed by atoms with E-state index in [0.717, 1.165) is 32.2 Å². The number of nitrogens with one attached hydrogen (secondary N) is 1. The fourth-order valence-corrected chi connectivity index (χ4v) is 16.4. The van der Waals surface area contributed by atoms with E-state index in [4.69, 9.17) is 29.2 Å². The van der Waals surface area contributed by atoms with Crippen LogP contribution in [-0.2, 0) is 4.74 Å². The average molecular weight is 815 g/mol. The van der Waals surface area contributed by atoms with Crippen LogP contribution >= 0.6 is 0 Å². The molecule has 0 radical (unpaired) electrons. The molecule has 2 bridgehead atoms. The summed E-state index contributed by atoms with van der Waals surface area (Å²) < 4.78 is 66.4. The Morgan fingerprint density at radius 2 is 1.78 bits per heavy atom. The van der Waals surface area contributed by atoms with Crippen molar-refractivity contribution in [1.29, 1.82) is 0 Å². The molecule has 9 nitrogen and oxygen atoms in total. The smallest absolute Gasteiger partial charge is 0.319 e. The van der Waals surface area contributed by atoms with E-state index in [0.29, 0.717) is 82.6 Å². The first-order valence-corrected chi connectivity index (χ1v) is 23.2. The summed E-state index contributed by atoms with van der Waals surface area (Å²) in [4.78, 5) is 18.8. The van der Waals surface area contributed by atoms with Gasteiger partial charge >= 0.3 is 6.01 Å². The van der Waals surface area contributed by atoms with Crippen LogP contribution < -0.4 is 19.7 Å². The molecule has 4 atom stereocenters. The molecule has 2 aromatic carbocycles. The molecule has 4 fully saturated rings. The zero-order chi connectivity index (χ0) is 41.1. The molecule has 4 aliphatic heterocycles. The van der Waals surface area contributed by atoms with Crippen LogP contribution in [0, 0.1) is 23.1 Å². The van der Waals surface area contributed by atoms with Gasteiger partial charge < -0.3 is 24.4 Å². The van der Waals surface area contributed by atoms with Crippen molar-refractivity contribution in [2.24, 2.45) is 0 Å². The number of rotatable bonds is 11. The quantitative estimate of drug-likeness (QED) is 0.118. The maximum atomic E-state index is 17.7. The lowest BCUT2D eigenvalue weighted by Crippen LogP contribution is -2.61. The third-order valence-electron chi connectivity index (χ3n) is 13.8. The summed E-state index contributed by atoms with van der Waals surface area (Å²) in [6.07, 6.45) is 4.77. The number of hydrogen-bond donors (Lipinski definition) is 1. The van der Waals surface area contributed by atoms with Gasteiger partial charge in [-0.2, -0.15) is 9.97 Å². The number of nitrogens with zero attached hydrogens (tertiary/aromatic N) is 5. The van der Waals surface area contributed by atoms with Gasteiger partial charge in [0.05, 0.1) is 35.7 Å². The number of benzene rings is 2. The molecular formula is C45H57F3N6O3Si. The van der Waals surface area contributed by atoms with E-state index >= 15 is 8.78 Å². The number of methoxy groups -OCH3 is 2. The van der Waals surface area contributed by atoms with Gasteiger partial charge in [-0.15, -0.1) is 5.54 Å². The van der Waals surface area contributed by atoms with E-state index in [2.05, 4.69) is 68.1 Å². The zero-order valence-electron chi connectivity index (χ0n) is 35.1. The van der Waals surface area contributed by atoms with Gasteiger partial charge in [0, 0.05) is 56.4 Å². The van der Waals surface area contributed by atoms with Crippen molar-refractivity contribution in [2.45, 2.75) is 114 Å². The highest BCUT2D eigenvalue weighted by molar-refractivity contribution is 6.90. The number of aromatic nitrogens is 3. The topological polar surface area (TPSA) is 84.9 Å². The summed E-state index contributed by atoms with van der Waals surface area (Å²) >= 11 is 0. The van der Waals surface area contributed by atoms with Crippen LogP contribution in [-0.4, -0.2) is 105 Å².